The molecule has 114 valence electrons. The molecule has 0 aromatic carbocycles. The van der Waals surface area contributed by atoms with Crippen LogP contribution in [0.25, 0.3) is 0 Å². The van der Waals surface area contributed by atoms with Crippen molar-refractivity contribution in [3.8, 4) is 6.07 Å². The minimum absolute atomic E-state index is 0.0931. The Bertz CT molecular complexity index is 697. The van der Waals surface area contributed by atoms with E-state index in [2.05, 4.69) is 9.55 Å². The highest BCUT2D eigenvalue weighted by Crippen LogP contribution is 2.18. The van der Waals surface area contributed by atoms with Gasteiger partial charge in [0.2, 0.25) is 0 Å². The molecule has 0 N–H and O–H groups in total. The lowest BCUT2D eigenvalue weighted by atomic mass is 10.2. The van der Waals surface area contributed by atoms with Gasteiger partial charge in [-0.2, -0.15) is 5.26 Å². The molecule has 0 aliphatic rings. The smallest absolute Gasteiger partial charge is 0.256 e. The summed E-state index contributed by atoms with van der Waals surface area (Å²) < 4.78 is 2.08. The number of aromatic nitrogens is 2. The SMILES string of the molecule is CCN(CC#N)C(=O)c1cc(C)n(Cc2ccccn2)c1C. The molecule has 0 spiro atoms. The van der Waals surface area contributed by atoms with Crippen LogP contribution in [0.15, 0.2) is 30.5 Å². The van der Waals surface area contributed by atoms with Crippen LogP contribution in [0.4, 0.5) is 0 Å². The number of amides is 1. The average molecular weight is 296 g/mol. The molecule has 0 fully saturated rings. The van der Waals surface area contributed by atoms with Gasteiger partial charge in [0.05, 0.1) is 23.9 Å². The van der Waals surface area contributed by atoms with Crippen molar-refractivity contribution in [2.24, 2.45) is 0 Å². The topological polar surface area (TPSA) is 61.9 Å². The lowest BCUT2D eigenvalue weighted by Crippen LogP contribution is -2.31. The molecule has 2 heterocycles. The van der Waals surface area contributed by atoms with Crippen molar-refractivity contribution < 1.29 is 4.79 Å². The molecule has 2 aromatic rings. The van der Waals surface area contributed by atoms with Crippen LogP contribution in [0.1, 0.15) is 34.4 Å². The molecular weight excluding hydrogens is 276 g/mol. The monoisotopic (exact) mass is 296 g/mol. The van der Waals surface area contributed by atoms with Crippen LogP contribution >= 0.6 is 0 Å². The van der Waals surface area contributed by atoms with Crippen LogP contribution in [0.5, 0.6) is 0 Å². The number of rotatable bonds is 5. The van der Waals surface area contributed by atoms with Gasteiger partial charge in [0.25, 0.3) is 5.91 Å². The van der Waals surface area contributed by atoms with Crippen LogP contribution in [0.2, 0.25) is 0 Å². The average Bonchev–Trinajstić information content (AvgIpc) is 2.81. The zero-order valence-electron chi connectivity index (χ0n) is 13.2. The second-order valence-corrected chi connectivity index (χ2v) is 5.17. The van der Waals surface area contributed by atoms with Crippen LogP contribution in [-0.4, -0.2) is 33.4 Å². The van der Waals surface area contributed by atoms with Gasteiger partial charge in [-0.05, 0) is 39.0 Å². The molecule has 0 bridgehead atoms. The van der Waals surface area contributed by atoms with E-state index in [0.717, 1.165) is 17.1 Å². The van der Waals surface area contributed by atoms with Crippen molar-refractivity contribution in [3.63, 3.8) is 0 Å². The molecule has 0 saturated heterocycles. The van der Waals surface area contributed by atoms with Crippen molar-refractivity contribution in [2.75, 3.05) is 13.1 Å². The van der Waals surface area contributed by atoms with E-state index in [1.807, 2.05) is 51.1 Å². The Morgan fingerprint density at radius 1 is 1.41 bits per heavy atom. The summed E-state index contributed by atoms with van der Waals surface area (Å²) in [6.07, 6.45) is 1.77. The predicted octanol–water partition coefficient (Wildman–Crippen LogP) is 2.53. The van der Waals surface area contributed by atoms with Gasteiger partial charge >= 0.3 is 0 Å². The summed E-state index contributed by atoms with van der Waals surface area (Å²) in [6, 6.07) is 9.73. The number of hydrogen-bond acceptors (Lipinski definition) is 3. The predicted molar refractivity (Wildman–Crippen MR) is 84.4 cm³/mol. The highest BCUT2D eigenvalue weighted by Gasteiger charge is 2.20. The summed E-state index contributed by atoms with van der Waals surface area (Å²) in [5.41, 5.74) is 3.53. The highest BCUT2D eigenvalue weighted by molar-refractivity contribution is 5.95. The summed E-state index contributed by atoms with van der Waals surface area (Å²) in [4.78, 5) is 18.4. The maximum absolute atomic E-state index is 12.6. The van der Waals surface area contributed by atoms with E-state index in [4.69, 9.17) is 5.26 Å². The summed E-state index contributed by atoms with van der Waals surface area (Å²) in [6.45, 7) is 7.06. The summed E-state index contributed by atoms with van der Waals surface area (Å²) in [5, 5.41) is 8.83. The number of carbonyl (C=O) groups is 1. The summed E-state index contributed by atoms with van der Waals surface area (Å²) >= 11 is 0. The fourth-order valence-electron chi connectivity index (χ4n) is 2.50. The van der Waals surface area contributed by atoms with Gasteiger partial charge in [-0.25, -0.2) is 0 Å². The standard InChI is InChI=1S/C17H20N4O/c1-4-20(10-8-18)17(22)16-11-13(2)21(14(16)3)12-15-7-5-6-9-19-15/h5-7,9,11H,4,10,12H2,1-3H3. The molecule has 2 rings (SSSR count). The van der Waals surface area contributed by atoms with E-state index in [0.29, 0.717) is 18.7 Å². The molecule has 0 unspecified atom stereocenters. The zero-order chi connectivity index (χ0) is 16.1. The Balaban J connectivity index is 2.31. The minimum Gasteiger partial charge on any atom is -0.342 e. The van der Waals surface area contributed by atoms with Crippen molar-refractivity contribution in [1.82, 2.24) is 14.5 Å². The molecule has 1 amide bonds. The second kappa shape index (κ2) is 6.90. The normalized spacial score (nSPS) is 10.3. The van der Waals surface area contributed by atoms with Crippen LogP contribution in [-0.2, 0) is 6.54 Å². The lowest BCUT2D eigenvalue weighted by molar-refractivity contribution is 0.0783. The first-order valence-electron chi connectivity index (χ1n) is 7.31. The van der Waals surface area contributed by atoms with Crippen LogP contribution in [0.3, 0.4) is 0 Å². The van der Waals surface area contributed by atoms with E-state index < -0.39 is 0 Å². The Hall–Kier alpha value is -2.61. The van der Waals surface area contributed by atoms with E-state index in [9.17, 15) is 4.79 Å². The first-order chi connectivity index (χ1) is 10.6. The van der Waals surface area contributed by atoms with Gasteiger partial charge in [0.1, 0.15) is 6.54 Å². The molecule has 5 nitrogen and oxygen atoms in total. The first kappa shape index (κ1) is 15.8. The third-order valence-corrected chi connectivity index (χ3v) is 3.78. The molecular formula is C17H20N4O. The Morgan fingerprint density at radius 2 is 2.18 bits per heavy atom. The van der Waals surface area contributed by atoms with Gasteiger partial charge in [-0.3, -0.25) is 9.78 Å². The highest BCUT2D eigenvalue weighted by atomic mass is 16.2. The molecule has 22 heavy (non-hydrogen) atoms. The maximum atomic E-state index is 12.6. The quantitative estimate of drug-likeness (QED) is 0.797. The minimum atomic E-state index is -0.0931. The number of carbonyl (C=O) groups excluding carboxylic acids is 1. The lowest BCUT2D eigenvalue weighted by Gasteiger charge is -2.17. The molecule has 5 heteroatoms. The number of aryl methyl sites for hydroxylation is 1. The first-order valence-corrected chi connectivity index (χ1v) is 7.31. The van der Waals surface area contributed by atoms with Gasteiger partial charge in [-0.15, -0.1) is 0 Å². The Morgan fingerprint density at radius 3 is 2.77 bits per heavy atom. The number of nitrogens with zero attached hydrogens (tertiary/aromatic N) is 4. The summed E-state index contributed by atoms with van der Waals surface area (Å²) in [7, 11) is 0. The van der Waals surface area contributed by atoms with Crippen molar-refractivity contribution >= 4 is 5.91 Å². The number of pyridine rings is 1. The van der Waals surface area contributed by atoms with E-state index in [1.54, 1.807) is 11.1 Å². The largest absolute Gasteiger partial charge is 0.342 e. The molecule has 0 aliphatic heterocycles. The van der Waals surface area contributed by atoms with Crippen molar-refractivity contribution in [3.05, 3.63) is 53.1 Å². The molecule has 2 aromatic heterocycles. The Kier molecular flexibility index (Phi) is 4.95. The van der Waals surface area contributed by atoms with Crippen LogP contribution < -0.4 is 0 Å². The molecule has 0 radical (unpaired) electrons. The summed E-state index contributed by atoms with van der Waals surface area (Å²) in [5.74, 6) is -0.0931. The Labute approximate surface area is 130 Å². The zero-order valence-corrected chi connectivity index (χ0v) is 13.2. The van der Waals surface area contributed by atoms with Crippen LogP contribution in [0, 0.1) is 25.2 Å². The fraction of sp³-hybridized carbons (Fsp3) is 0.353. The fourth-order valence-corrected chi connectivity index (χ4v) is 2.50. The van der Waals surface area contributed by atoms with E-state index in [-0.39, 0.29) is 12.5 Å². The van der Waals surface area contributed by atoms with Gasteiger partial charge in [-0.1, -0.05) is 6.07 Å². The molecule has 0 atom stereocenters. The van der Waals surface area contributed by atoms with Crippen molar-refractivity contribution in [2.45, 2.75) is 27.3 Å². The number of hydrogen-bond donors (Lipinski definition) is 0. The third-order valence-electron chi connectivity index (χ3n) is 3.78. The van der Waals surface area contributed by atoms with Gasteiger partial charge < -0.3 is 9.47 Å². The molecule has 0 saturated carbocycles. The van der Waals surface area contributed by atoms with Gasteiger partial charge in [0.15, 0.2) is 0 Å². The van der Waals surface area contributed by atoms with Gasteiger partial charge in [0, 0.05) is 24.1 Å². The second-order valence-electron chi connectivity index (χ2n) is 5.17. The van der Waals surface area contributed by atoms with Crippen molar-refractivity contribution in [1.29, 1.82) is 5.26 Å². The molecule has 0 aliphatic carbocycles. The third kappa shape index (κ3) is 3.17. The maximum Gasteiger partial charge on any atom is 0.256 e. The number of nitriles is 1. The van der Waals surface area contributed by atoms with E-state index >= 15 is 0 Å². The van der Waals surface area contributed by atoms with E-state index in [1.165, 1.54) is 0 Å².